The van der Waals surface area contributed by atoms with Gasteiger partial charge in [-0.2, -0.15) is 0 Å². The van der Waals surface area contributed by atoms with E-state index in [1.54, 1.807) is 0 Å². The maximum atomic E-state index is 4.11. The molecule has 0 saturated heterocycles. The SMILES string of the molecule is CCC1CC(c2ccncc2)CC(C)C1C. The molecule has 0 bridgehead atoms. The molecule has 1 heteroatoms. The van der Waals surface area contributed by atoms with E-state index in [2.05, 4.69) is 37.9 Å². The zero-order chi connectivity index (χ0) is 11.5. The lowest BCUT2D eigenvalue weighted by Crippen LogP contribution is -2.28. The number of hydrogen-bond donors (Lipinski definition) is 0. The van der Waals surface area contributed by atoms with Crippen LogP contribution in [0.1, 0.15) is 51.5 Å². The van der Waals surface area contributed by atoms with Gasteiger partial charge in [-0.05, 0) is 54.2 Å². The number of aromatic nitrogens is 1. The van der Waals surface area contributed by atoms with Crippen LogP contribution in [0.5, 0.6) is 0 Å². The van der Waals surface area contributed by atoms with Crippen molar-refractivity contribution in [3.8, 4) is 0 Å². The predicted molar refractivity (Wildman–Crippen MR) is 68.3 cm³/mol. The standard InChI is InChI=1S/C15H23N/c1-4-13-10-15(9-11(2)12(13)3)14-5-7-16-8-6-14/h5-8,11-13,15H,4,9-10H2,1-3H3. The molecule has 1 aliphatic carbocycles. The fraction of sp³-hybridized carbons (Fsp3) is 0.667. The van der Waals surface area contributed by atoms with Crippen molar-refractivity contribution in [3.63, 3.8) is 0 Å². The number of rotatable bonds is 2. The Hall–Kier alpha value is -0.850. The fourth-order valence-corrected chi connectivity index (χ4v) is 3.25. The summed E-state index contributed by atoms with van der Waals surface area (Å²) in [6.07, 6.45) is 7.90. The van der Waals surface area contributed by atoms with Crippen LogP contribution in [0.3, 0.4) is 0 Å². The van der Waals surface area contributed by atoms with E-state index in [1.807, 2.05) is 12.4 Å². The minimum Gasteiger partial charge on any atom is -0.265 e. The lowest BCUT2D eigenvalue weighted by atomic mass is 9.67. The zero-order valence-corrected chi connectivity index (χ0v) is 10.7. The van der Waals surface area contributed by atoms with E-state index < -0.39 is 0 Å². The Morgan fingerprint density at radius 1 is 1.19 bits per heavy atom. The van der Waals surface area contributed by atoms with Gasteiger partial charge in [-0.1, -0.05) is 27.2 Å². The van der Waals surface area contributed by atoms with Crippen LogP contribution in [0.4, 0.5) is 0 Å². The van der Waals surface area contributed by atoms with E-state index in [4.69, 9.17) is 0 Å². The highest BCUT2D eigenvalue weighted by Gasteiger charge is 2.32. The number of nitrogens with zero attached hydrogens (tertiary/aromatic N) is 1. The molecule has 0 radical (unpaired) electrons. The highest BCUT2D eigenvalue weighted by Crippen LogP contribution is 2.43. The van der Waals surface area contributed by atoms with Crippen LogP contribution < -0.4 is 0 Å². The van der Waals surface area contributed by atoms with E-state index in [9.17, 15) is 0 Å². The normalized spacial score (nSPS) is 34.9. The second-order valence-electron chi connectivity index (χ2n) is 5.45. The highest BCUT2D eigenvalue weighted by atomic mass is 14.6. The van der Waals surface area contributed by atoms with Gasteiger partial charge >= 0.3 is 0 Å². The van der Waals surface area contributed by atoms with Gasteiger partial charge in [0.2, 0.25) is 0 Å². The lowest BCUT2D eigenvalue weighted by molar-refractivity contribution is 0.157. The molecule has 4 unspecified atom stereocenters. The van der Waals surface area contributed by atoms with Gasteiger partial charge in [0.05, 0.1) is 0 Å². The van der Waals surface area contributed by atoms with Crippen LogP contribution in [0.15, 0.2) is 24.5 Å². The van der Waals surface area contributed by atoms with Crippen molar-refractivity contribution in [1.29, 1.82) is 0 Å². The van der Waals surface area contributed by atoms with E-state index in [-0.39, 0.29) is 0 Å². The van der Waals surface area contributed by atoms with Crippen LogP contribution in [-0.2, 0) is 0 Å². The van der Waals surface area contributed by atoms with Crippen molar-refractivity contribution in [2.75, 3.05) is 0 Å². The largest absolute Gasteiger partial charge is 0.265 e. The van der Waals surface area contributed by atoms with Crippen molar-refractivity contribution in [1.82, 2.24) is 4.98 Å². The van der Waals surface area contributed by atoms with Gasteiger partial charge < -0.3 is 0 Å². The van der Waals surface area contributed by atoms with E-state index in [0.29, 0.717) is 0 Å². The van der Waals surface area contributed by atoms with E-state index >= 15 is 0 Å². The van der Waals surface area contributed by atoms with Crippen molar-refractivity contribution in [2.45, 2.75) is 46.0 Å². The molecule has 1 aromatic heterocycles. The molecule has 1 aromatic rings. The molecule has 1 heterocycles. The Morgan fingerprint density at radius 2 is 1.88 bits per heavy atom. The average Bonchev–Trinajstić information content (AvgIpc) is 2.33. The van der Waals surface area contributed by atoms with Gasteiger partial charge in [0, 0.05) is 12.4 Å². The summed E-state index contributed by atoms with van der Waals surface area (Å²) in [5.41, 5.74) is 1.49. The first-order valence-corrected chi connectivity index (χ1v) is 6.62. The van der Waals surface area contributed by atoms with Gasteiger partial charge in [0.15, 0.2) is 0 Å². The molecular weight excluding hydrogens is 194 g/mol. The molecule has 1 aliphatic rings. The van der Waals surface area contributed by atoms with Crippen LogP contribution >= 0.6 is 0 Å². The van der Waals surface area contributed by atoms with Gasteiger partial charge in [-0.3, -0.25) is 4.98 Å². The second kappa shape index (κ2) is 4.99. The summed E-state index contributed by atoms with van der Waals surface area (Å²) in [4.78, 5) is 4.11. The first-order valence-electron chi connectivity index (χ1n) is 6.62. The Labute approximate surface area is 99.3 Å². The Balaban J connectivity index is 2.13. The van der Waals surface area contributed by atoms with Gasteiger partial charge in [0.25, 0.3) is 0 Å². The smallest absolute Gasteiger partial charge is 0.0270 e. The molecule has 16 heavy (non-hydrogen) atoms. The van der Waals surface area contributed by atoms with Crippen LogP contribution in [-0.4, -0.2) is 4.98 Å². The first-order chi connectivity index (χ1) is 7.72. The summed E-state index contributed by atoms with van der Waals surface area (Å²) in [6, 6.07) is 4.39. The third-order valence-corrected chi connectivity index (χ3v) is 4.59. The predicted octanol–water partition coefficient (Wildman–Crippen LogP) is 4.26. The Bertz CT molecular complexity index is 319. The van der Waals surface area contributed by atoms with Crippen LogP contribution in [0.2, 0.25) is 0 Å². The quantitative estimate of drug-likeness (QED) is 0.721. The molecule has 1 saturated carbocycles. The molecule has 0 aliphatic heterocycles. The molecule has 1 fully saturated rings. The molecule has 4 atom stereocenters. The van der Waals surface area contributed by atoms with Crippen LogP contribution in [0, 0.1) is 17.8 Å². The minimum absolute atomic E-state index is 0.763. The van der Waals surface area contributed by atoms with E-state index in [1.165, 1.54) is 24.8 Å². The summed E-state index contributed by atoms with van der Waals surface area (Å²) in [6.45, 7) is 7.19. The molecule has 0 spiro atoms. The number of pyridine rings is 1. The second-order valence-corrected chi connectivity index (χ2v) is 5.45. The van der Waals surface area contributed by atoms with Crippen LogP contribution in [0.25, 0.3) is 0 Å². The summed E-state index contributed by atoms with van der Waals surface area (Å²) >= 11 is 0. The lowest BCUT2D eigenvalue weighted by Gasteiger charge is -2.38. The molecule has 2 rings (SSSR count). The molecule has 0 N–H and O–H groups in total. The van der Waals surface area contributed by atoms with Crippen molar-refractivity contribution in [3.05, 3.63) is 30.1 Å². The first kappa shape index (κ1) is 11.6. The molecule has 88 valence electrons. The maximum absolute atomic E-state index is 4.11. The minimum atomic E-state index is 0.763. The average molecular weight is 217 g/mol. The van der Waals surface area contributed by atoms with Crippen molar-refractivity contribution >= 4 is 0 Å². The van der Waals surface area contributed by atoms with Gasteiger partial charge in [-0.15, -0.1) is 0 Å². The third-order valence-electron chi connectivity index (χ3n) is 4.59. The highest BCUT2D eigenvalue weighted by molar-refractivity contribution is 5.17. The molecule has 0 amide bonds. The third kappa shape index (κ3) is 2.28. The van der Waals surface area contributed by atoms with Gasteiger partial charge in [0.1, 0.15) is 0 Å². The number of hydrogen-bond acceptors (Lipinski definition) is 1. The maximum Gasteiger partial charge on any atom is 0.0270 e. The topological polar surface area (TPSA) is 12.9 Å². The summed E-state index contributed by atoms with van der Waals surface area (Å²) < 4.78 is 0. The van der Waals surface area contributed by atoms with Crippen molar-refractivity contribution in [2.24, 2.45) is 17.8 Å². The molecule has 1 nitrogen and oxygen atoms in total. The molecular formula is C15H23N. The fourth-order valence-electron chi connectivity index (χ4n) is 3.25. The monoisotopic (exact) mass is 217 g/mol. The zero-order valence-electron chi connectivity index (χ0n) is 10.7. The van der Waals surface area contributed by atoms with Gasteiger partial charge in [-0.25, -0.2) is 0 Å². The molecule has 0 aromatic carbocycles. The Morgan fingerprint density at radius 3 is 2.50 bits per heavy atom. The summed E-state index contributed by atoms with van der Waals surface area (Å²) in [5.74, 6) is 3.42. The Kier molecular flexibility index (Phi) is 3.63. The summed E-state index contributed by atoms with van der Waals surface area (Å²) in [7, 11) is 0. The van der Waals surface area contributed by atoms with Crippen molar-refractivity contribution < 1.29 is 0 Å². The summed E-state index contributed by atoms with van der Waals surface area (Å²) in [5, 5.41) is 0. The van der Waals surface area contributed by atoms with E-state index in [0.717, 1.165) is 23.7 Å².